The molecule has 0 aliphatic heterocycles. The van der Waals surface area contributed by atoms with Crippen molar-refractivity contribution in [3.63, 3.8) is 0 Å². The van der Waals surface area contributed by atoms with Crippen molar-refractivity contribution >= 4 is 12.0 Å². The number of carbonyl (C=O) groups is 1. The summed E-state index contributed by atoms with van der Waals surface area (Å²) in [5, 5.41) is 8.45. The monoisotopic (exact) mass is 163 g/mol. The third-order valence-corrected chi connectivity index (χ3v) is 1.37. The first-order valence-electron chi connectivity index (χ1n) is 3.45. The Labute approximate surface area is 70.1 Å². The van der Waals surface area contributed by atoms with Crippen molar-refractivity contribution in [1.82, 2.24) is 0 Å². The second-order valence-electron chi connectivity index (χ2n) is 2.32. The largest absolute Gasteiger partial charge is 0.477 e. The second-order valence-corrected chi connectivity index (χ2v) is 2.32. The lowest BCUT2D eigenvalue weighted by Gasteiger charge is -1.93. The minimum Gasteiger partial charge on any atom is -0.477 e. The van der Waals surface area contributed by atoms with Gasteiger partial charge in [0.2, 0.25) is 0 Å². The molecule has 12 heavy (non-hydrogen) atoms. The van der Waals surface area contributed by atoms with Gasteiger partial charge in [0, 0.05) is 0 Å². The average Bonchev–Trinajstić information content (AvgIpc) is 2.06. The molecule has 3 nitrogen and oxygen atoms in total. The average molecular weight is 163 g/mol. The predicted octanol–water partition coefficient (Wildman–Crippen LogP) is 1.07. The number of hydrogen-bond acceptors (Lipinski definition) is 2. The van der Waals surface area contributed by atoms with Crippen LogP contribution in [0.25, 0.3) is 6.08 Å². The van der Waals surface area contributed by atoms with E-state index in [0.29, 0.717) is 0 Å². The van der Waals surface area contributed by atoms with Crippen LogP contribution in [-0.4, -0.2) is 11.1 Å². The maximum atomic E-state index is 10.3. The van der Waals surface area contributed by atoms with E-state index < -0.39 is 5.97 Å². The van der Waals surface area contributed by atoms with Crippen molar-refractivity contribution in [2.24, 2.45) is 5.73 Å². The van der Waals surface area contributed by atoms with E-state index in [1.165, 1.54) is 6.08 Å². The molecule has 3 heteroatoms. The fraction of sp³-hybridized carbons (Fsp3) is 0. The number of benzene rings is 1. The molecule has 0 bridgehead atoms. The molecular formula is C9H9NO2. The van der Waals surface area contributed by atoms with Gasteiger partial charge >= 0.3 is 5.97 Å². The van der Waals surface area contributed by atoms with Gasteiger partial charge in [0.1, 0.15) is 5.70 Å². The van der Waals surface area contributed by atoms with Crippen molar-refractivity contribution in [2.45, 2.75) is 0 Å². The van der Waals surface area contributed by atoms with Crippen molar-refractivity contribution < 1.29 is 9.90 Å². The molecule has 1 rings (SSSR count). The van der Waals surface area contributed by atoms with Gasteiger partial charge in [-0.05, 0) is 11.6 Å². The summed E-state index contributed by atoms with van der Waals surface area (Å²) >= 11 is 0. The van der Waals surface area contributed by atoms with E-state index in [9.17, 15) is 4.79 Å². The summed E-state index contributed by atoms with van der Waals surface area (Å²) in [5.74, 6) is -1.10. The topological polar surface area (TPSA) is 63.3 Å². The summed E-state index contributed by atoms with van der Waals surface area (Å²) in [4.78, 5) is 10.3. The maximum Gasteiger partial charge on any atom is 0.351 e. The minimum absolute atomic E-state index is 0.152. The van der Waals surface area contributed by atoms with Crippen molar-refractivity contribution in [1.29, 1.82) is 0 Å². The summed E-state index contributed by atoms with van der Waals surface area (Å²) < 4.78 is 0. The summed E-state index contributed by atoms with van der Waals surface area (Å²) in [6.07, 6.45) is 1.42. The van der Waals surface area contributed by atoms with E-state index in [2.05, 4.69) is 0 Å². The minimum atomic E-state index is -1.10. The fourth-order valence-corrected chi connectivity index (χ4v) is 0.791. The summed E-state index contributed by atoms with van der Waals surface area (Å²) in [7, 11) is 0. The molecule has 0 aliphatic rings. The third kappa shape index (κ3) is 2.12. The molecule has 0 amide bonds. The van der Waals surface area contributed by atoms with Crippen LogP contribution >= 0.6 is 0 Å². The molecule has 1 aromatic carbocycles. The normalized spacial score (nSPS) is 11.2. The van der Waals surface area contributed by atoms with E-state index in [4.69, 9.17) is 10.8 Å². The van der Waals surface area contributed by atoms with Crippen LogP contribution in [0.5, 0.6) is 0 Å². The molecular weight excluding hydrogens is 154 g/mol. The maximum absolute atomic E-state index is 10.3. The highest BCUT2D eigenvalue weighted by molar-refractivity contribution is 5.90. The van der Waals surface area contributed by atoms with E-state index >= 15 is 0 Å². The zero-order chi connectivity index (χ0) is 8.97. The van der Waals surface area contributed by atoms with Crippen LogP contribution in [0.3, 0.4) is 0 Å². The van der Waals surface area contributed by atoms with Crippen LogP contribution in [0.1, 0.15) is 5.56 Å². The summed E-state index contributed by atoms with van der Waals surface area (Å²) in [6, 6.07) is 9.07. The highest BCUT2D eigenvalue weighted by Gasteiger charge is 1.99. The van der Waals surface area contributed by atoms with Gasteiger partial charge in [-0.25, -0.2) is 4.79 Å². The molecule has 0 spiro atoms. The number of rotatable bonds is 2. The molecule has 3 N–H and O–H groups in total. The Morgan fingerprint density at radius 1 is 1.33 bits per heavy atom. The first-order chi connectivity index (χ1) is 5.70. The number of nitrogens with two attached hydrogens (primary N) is 1. The standard InChI is InChI=1S/C9H9NO2/c10-8(9(11)12)6-7-4-2-1-3-5-7/h1-6H,10H2,(H,11,12)/b8-6+. The van der Waals surface area contributed by atoms with Crippen LogP contribution < -0.4 is 5.73 Å². The zero-order valence-electron chi connectivity index (χ0n) is 6.40. The Hall–Kier alpha value is -1.77. The van der Waals surface area contributed by atoms with E-state index in [0.717, 1.165) is 5.56 Å². The van der Waals surface area contributed by atoms with E-state index in [1.54, 1.807) is 12.1 Å². The smallest absolute Gasteiger partial charge is 0.351 e. The number of hydrogen-bond donors (Lipinski definition) is 2. The van der Waals surface area contributed by atoms with Crippen LogP contribution in [-0.2, 0) is 4.79 Å². The predicted molar refractivity (Wildman–Crippen MR) is 46.2 cm³/mol. The Balaban J connectivity index is 2.89. The molecule has 1 aromatic rings. The molecule has 0 saturated carbocycles. The molecule has 0 aliphatic carbocycles. The summed E-state index contributed by atoms with van der Waals surface area (Å²) in [6.45, 7) is 0. The van der Waals surface area contributed by atoms with Gasteiger partial charge in [0.15, 0.2) is 0 Å². The molecule has 0 aromatic heterocycles. The quantitative estimate of drug-likeness (QED) is 0.641. The van der Waals surface area contributed by atoms with Crippen molar-refractivity contribution in [2.75, 3.05) is 0 Å². The van der Waals surface area contributed by atoms with Gasteiger partial charge in [0.25, 0.3) is 0 Å². The Morgan fingerprint density at radius 2 is 1.92 bits per heavy atom. The lowest BCUT2D eigenvalue weighted by molar-refractivity contribution is -0.132. The lowest BCUT2D eigenvalue weighted by Crippen LogP contribution is -2.09. The number of aliphatic carboxylic acids is 1. The van der Waals surface area contributed by atoms with Crippen LogP contribution in [0.15, 0.2) is 36.0 Å². The molecule has 0 heterocycles. The fourth-order valence-electron chi connectivity index (χ4n) is 0.791. The molecule has 0 atom stereocenters. The molecule has 0 saturated heterocycles. The highest BCUT2D eigenvalue weighted by atomic mass is 16.4. The Bertz CT molecular complexity index is 304. The first kappa shape index (κ1) is 8.33. The van der Waals surface area contributed by atoms with Gasteiger partial charge in [-0.3, -0.25) is 0 Å². The molecule has 0 unspecified atom stereocenters. The van der Waals surface area contributed by atoms with E-state index in [1.807, 2.05) is 18.2 Å². The zero-order valence-corrected chi connectivity index (χ0v) is 6.40. The molecule has 0 fully saturated rings. The second kappa shape index (κ2) is 3.57. The molecule has 62 valence electrons. The van der Waals surface area contributed by atoms with E-state index in [-0.39, 0.29) is 5.70 Å². The third-order valence-electron chi connectivity index (χ3n) is 1.37. The van der Waals surface area contributed by atoms with Crippen molar-refractivity contribution in [3.8, 4) is 0 Å². The SMILES string of the molecule is N/C(=C/c1ccccc1)C(=O)O. The van der Waals surface area contributed by atoms with Gasteiger partial charge in [0.05, 0.1) is 0 Å². The first-order valence-corrected chi connectivity index (χ1v) is 3.45. The van der Waals surface area contributed by atoms with Gasteiger partial charge in [-0.15, -0.1) is 0 Å². The number of carboxylic acids is 1. The van der Waals surface area contributed by atoms with Crippen LogP contribution in [0.4, 0.5) is 0 Å². The number of carboxylic acid groups (broad SMARTS) is 1. The lowest BCUT2D eigenvalue weighted by atomic mass is 10.2. The molecule has 0 radical (unpaired) electrons. The Morgan fingerprint density at radius 3 is 2.42 bits per heavy atom. The highest BCUT2D eigenvalue weighted by Crippen LogP contribution is 2.02. The van der Waals surface area contributed by atoms with Crippen molar-refractivity contribution in [3.05, 3.63) is 41.6 Å². The summed E-state index contributed by atoms with van der Waals surface area (Å²) in [5.41, 5.74) is 5.85. The van der Waals surface area contributed by atoms with Crippen LogP contribution in [0.2, 0.25) is 0 Å². The van der Waals surface area contributed by atoms with Gasteiger partial charge < -0.3 is 10.8 Å². The van der Waals surface area contributed by atoms with Crippen LogP contribution in [0, 0.1) is 0 Å². The van der Waals surface area contributed by atoms with Gasteiger partial charge in [-0.2, -0.15) is 0 Å². The Kier molecular flexibility index (Phi) is 2.48. The van der Waals surface area contributed by atoms with Gasteiger partial charge in [-0.1, -0.05) is 30.3 Å².